The van der Waals surface area contributed by atoms with E-state index in [9.17, 15) is 4.79 Å². The molecule has 0 aliphatic carbocycles. The quantitative estimate of drug-likeness (QED) is 0.729. The van der Waals surface area contributed by atoms with Gasteiger partial charge in [-0.15, -0.1) is 0 Å². The second kappa shape index (κ2) is 5.01. The summed E-state index contributed by atoms with van der Waals surface area (Å²) in [7, 11) is 3.38. The van der Waals surface area contributed by atoms with Crippen molar-refractivity contribution in [1.82, 2.24) is 9.38 Å². The van der Waals surface area contributed by atoms with Gasteiger partial charge >= 0.3 is 0 Å². The number of rotatable bonds is 2. The van der Waals surface area contributed by atoms with Gasteiger partial charge in [-0.25, -0.2) is 4.98 Å². The third-order valence-corrected chi connectivity index (χ3v) is 4.01. The molecule has 6 heteroatoms. The molecule has 0 N–H and O–H groups in total. The summed E-state index contributed by atoms with van der Waals surface area (Å²) in [5, 5.41) is 0. The predicted molar refractivity (Wildman–Crippen MR) is 86.1 cm³/mol. The standard InChI is InChI=1S/C17H15N3O3/c1-19-13-8-11(5-6-14(13)23-10-16(19)21)12-9-20-7-3-4-15(22-2)17(20)18-12/h3-9H,10H2,1-2H3. The number of carbonyl (C=O) groups excluding carboxylic acids is 1. The first kappa shape index (κ1) is 13.6. The molecule has 3 aromatic rings. The SMILES string of the molecule is COc1cccn2cc(-c3ccc4c(c3)N(C)C(=O)CO4)nc12. The molecule has 0 spiro atoms. The fourth-order valence-electron chi connectivity index (χ4n) is 2.72. The van der Waals surface area contributed by atoms with Gasteiger partial charge in [-0.2, -0.15) is 0 Å². The molecule has 1 aliphatic heterocycles. The lowest BCUT2D eigenvalue weighted by molar-refractivity contribution is -0.120. The van der Waals surface area contributed by atoms with Crippen LogP contribution in [0.2, 0.25) is 0 Å². The fourth-order valence-corrected chi connectivity index (χ4v) is 2.72. The van der Waals surface area contributed by atoms with Gasteiger partial charge in [0.25, 0.3) is 5.91 Å². The molecule has 0 fully saturated rings. The van der Waals surface area contributed by atoms with E-state index >= 15 is 0 Å². The molecule has 1 amide bonds. The number of likely N-dealkylation sites (N-methyl/N-ethyl adjacent to an activating group) is 1. The summed E-state index contributed by atoms with van der Waals surface area (Å²) in [6.07, 6.45) is 3.86. The lowest BCUT2D eigenvalue weighted by Crippen LogP contribution is -2.35. The summed E-state index contributed by atoms with van der Waals surface area (Å²) >= 11 is 0. The number of aromatic nitrogens is 2. The van der Waals surface area contributed by atoms with Crippen LogP contribution in [0.5, 0.6) is 11.5 Å². The number of imidazole rings is 1. The molecular formula is C17H15N3O3. The largest absolute Gasteiger partial charge is 0.493 e. The summed E-state index contributed by atoms with van der Waals surface area (Å²) in [4.78, 5) is 18.0. The van der Waals surface area contributed by atoms with Crippen molar-refractivity contribution in [2.24, 2.45) is 0 Å². The summed E-state index contributed by atoms with van der Waals surface area (Å²) < 4.78 is 12.7. The van der Waals surface area contributed by atoms with E-state index in [-0.39, 0.29) is 12.5 Å². The normalized spacial score (nSPS) is 13.8. The Morgan fingerprint density at radius 3 is 3.00 bits per heavy atom. The number of ether oxygens (including phenoxy) is 2. The zero-order valence-electron chi connectivity index (χ0n) is 12.8. The molecule has 0 bridgehead atoms. The molecule has 6 nitrogen and oxygen atoms in total. The van der Waals surface area contributed by atoms with Crippen LogP contribution in [0.25, 0.3) is 16.9 Å². The van der Waals surface area contributed by atoms with Crippen molar-refractivity contribution >= 4 is 17.2 Å². The third-order valence-electron chi connectivity index (χ3n) is 4.01. The Morgan fingerprint density at radius 1 is 1.30 bits per heavy atom. The average molecular weight is 309 g/mol. The molecule has 3 heterocycles. The third kappa shape index (κ3) is 2.11. The molecular weight excluding hydrogens is 294 g/mol. The Labute approximate surface area is 132 Å². The fraction of sp³-hybridized carbons (Fsp3) is 0.176. The van der Waals surface area contributed by atoms with E-state index in [4.69, 9.17) is 9.47 Å². The van der Waals surface area contributed by atoms with E-state index in [0.717, 1.165) is 22.6 Å². The Bertz CT molecular complexity index is 917. The van der Waals surface area contributed by atoms with Crippen molar-refractivity contribution in [3.63, 3.8) is 0 Å². The van der Waals surface area contributed by atoms with Crippen LogP contribution in [0.3, 0.4) is 0 Å². The summed E-state index contributed by atoms with van der Waals surface area (Å²) in [6, 6.07) is 9.51. The van der Waals surface area contributed by atoms with Crippen molar-refractivity contribution in [3.05, 3.63) is 42.7 Å². The van der Waals surface area contributed by atoms with Crippen molar-refractivity contribution < 1.29 is 14.3 Å². The average Bonchev–Trinajstić information content (AvgIpc) is 3.02. The van der Waals surface area contributed by atoms with Crippen LogP contribution in [0.1, 0.15) is 0 Å². The van der Waals surface area contributed by atoms with Crippen LogP contribution in [0.4, 0.5) is 5.69 Å². The molecule has 0 saturated carbocycles. The highest BCUT2D eigenvalue weighted by atomic mass is 16.5. The molecule has 116 valence electrons. The number of nitrogens with zero attached hydrogens (tertiary/aromatic N) is 3. The molecule has 0 saturated heterocycles. The lowest BCUT2D eigenvalue weighted by Gasteiger charge is -2.26. The number of benzene rings is 1. The monoisotopic (exact) mass is 309 g/mol. The molecule has 0 radical (unpaired) electrons. The first-order chi connectivity index (χ1) is 11.2. The minimum Gasteiger partial charge on any atom is -0.493 e. The van der Waals surface area contributed by atoms with Gasteiger partial charge < -0.3 is 18.8 Å². The lowest BCUT2D eigenvalue weighted by atomic mass is 10.1. The number of methoxy groups -OCH3 is 1. The molecule has 23 heavy (non-hydrogen) atoms. The Morgan fingerprint density at radius 2 is 2.17 bits per heavy atom. The number of carbonyl (C=O) groups is 1. The molecule has 1 aromatic carbocycles. The maximum Gasteiger partial charge on any atom is 0.264 e. The predicted octanol–water partition coefficient (Wildman–Crippen LogP) is 2.37. The Hall–Kier alpha value is -3.02. The number of pyridine rings is 1. The first-order valence-corrected chi connectivity index (χ1v) is 7.23. The van der Waals surface area contributed by atoms with Crippen molar-refractivity contribution in [2.75, 3.05) is 25.7 Å². The van der Waals surface area contributed by atoms with E-state index in [2.05, 4.69) is 4.98 Å². The second-order valence-electron chi connectivity index (χ2n) is 5.36. The highest BCUT2D eigenvalue weighted by Gasteiger charge is 2.23. The minimum absolute atomic E-state index is 0.0636. The van der Waals surface area contributed by atoms with Crippen LogP contribution >= 0.6 is 0 Å². The van der Waals surface area contributed by atoms with Crippen LogP contribution in [0, 0.1) is 0 Å². The molecule has 0 unspecified atom stereocenters. The number of fused-ring (bicyclic) bond motifs is 2. The van der Waals surface area contributed by atoms with Gasteiger partial charge in [0.15, 0.2) is 18.0 Å². The van der Waals surface area contributed by atoms with E-state index in [1.807, 2.05) is 47.1 Å². The Balaban J connectivity index is 1.84. The van der Waals surface area contributed by atoms with E-state index in [1.54, 1.807) is 19.1 Å². The van der Waals surface area contributed by atoms with Crippen LogP contribution in [0.15, 0.2) is 42.7 Å². The maximum absolute atomic E-state index is 11.8. The zero-order chi connectivity index (χ0) is 16.0. The number of amides is 1. The number of hydrogen-bond donors (Lipinski definition) is 0. The van der Waals surface area contributed by atoms with E-state index < -0.39 is 0 Å². The highest BCUT2D eigenvalue weighted by Crippen LogP contribution is 2.35. The molecule has 1 aliphatic rings. The molecule has 4 rings (SSSR count). The van der Waals surface area contributed by atoms with E-state index in [0.29, 0.717) is 11.5 Å². The van der Waals surface area contributed by atoms with Crippen LogP contribution in [-0.2, 0) is 4.79 Å². The van der Waals surface area contributed by atoms with Gasteiger partial charge in [-0.3, -0.25) is 4.79 Å². The van der Waals surface area contributed by atoms with Gasteiger partial charge in [0.2, 0.25) is 0 Å². The van der Waals surface area contributed by atoms with Crippen LogP contribution in [-0.4, -0.2) is 36.1 Å². The smallest absolute Gasteiger partial charge is 0.264 e. The maximum atomic E-state index is 11.8. The van der Waals surface area contributed by atoms with Crippen molar-refractivity contribution in [1.29, 1.82) is 0 Å². The summed E-state index contributed by atoms with van der Waals surface area (Å²) in [5.41, 5.74) is 3.23. The minimum atomic E-state index is -0.0636. The second-order valence-corrected chi connectivity index (χ2v) is 5.36. The molecule has 2 aromatic heterocycles. The van der Waals surface area contributed by atoms with Gasteiger partial charge in [0.1, 0.15) is 5.75 Å². The number of anilines is 1. The van der Waals surface area contributed by atoms with Gasteiger partial charge in [-0.05, 0) is 30.3 Å². The highest BCUT2D eigenvalue weighted by molar-refractivity contribution is 5.98. The molecule has 0 atom stereocenters. The first-order valence-electron chi connectivity index (χ1n) is 7.23. The number of hydrogen-bond acceptors (Lipinski definition) is 4. The summed E-state index contributed by atoms with van der Waals surface area (Å²) in [5.74, 6) is 1.36. The zero-order valence-corrected chi connectivity index (χ0v) is 12.8. The van der Waals surface area contributed by atoms with E-state index in [1.165, 1.54) is 0 Å². The van der Waals surface area contributed by atoms with Crippen molar-refractivity contribution in [2.45, 2.75) is 0 Å². The Kier molecular flexibility index (Phi) is 2.97. The van der Waals surface area contributed by atoms with Gasteiger partial charge in [0, 0.05) is 25.0 Å². The van der Waals surface area contributed by atoms with Gasteiger partial charge in [0.05, 0.1) is 18.5 Å². The van der Waals surface area contributed by atoms with Crippen LogP contribution < -0.4 is 14.4 Å². The van der Waals surface area contributed by atoms with Gasteiger partial charge in [-0.1, -0.05) is 0 Å². The topological polar surface area (TPSA) is 56.1 Å². The summed E-state index contributed by atoms with van der Waals surface area (Å²) in [6.45, 7) is 0.0778. The van der Waals surface area contributed by atoms with Crippen molar-refractivity contribution in [3.8, 4) is 22.8 Å².